The topological polar surface area (TPSA) is 70.4 Å². The maximum atomic E-state index is 13.1. The number of aliphatic hydroxyl groups excluding tert-OH is 1. The van der Waals surface area contributed by atoms with Crippen molar-refractivity contribution in [2.24, 2.45) is 0 Å². The standard InChI is InChI=1S/C18H23FN4O2/c1-4-9-22(10-11-24)18(25)21-13(2)17-12-20-23(14(17)3)16-7-5-15(19)6-8-16/h4-8,12-13,24H,1,9-11H2,2-3H3,(H,21,25). The van der Waals surface area contributed by atoms with Crippen molar-refractivity contribution in [1.29, 1.82) is 0 Å². The van der Waals surface area contributed by atoms with Crippen LogP contribution >= 0.6 is 0 Å². The highest BCUT2D eigenvalue weighted by Crippen LogP contribution is 2.20. The summed E-state index contributed by atoms with van der Waals surface area (Å²) in [6.45, 7) is 7.85. The zero-order valence-corrected chi connectivity index (χ0v) is 14.4. The van der Waals surface area contributed by atoms with Gasteiger partial charge in [-0.25, -0.2) is 13.9 Å². The van der Waals surface area contributed by atoms with E-state index < -0.39 is 0 Å². The van der Waals surface area contributed by atoms with E-state index in [4.69, 9.17) is 5.11 Å². The number of nitrogens with zero attached hydrogens (tertiary/aromatic N) is 3. The van der Waals surface area contributed by atoms with Gasteiger partial charge in [0.15, 0.2) is 0 Å². The molecule has 0 aliphatic rings. The van der Waals surface area contributed by atoms with Gasteiger partial charge in [-0.05, 0) is 38.1 Å². The van der Waals surface area contributed by atoms with Gasteiger partial charge in [-0.1, -0.05) is 6.08 Å². The summed E-state index contributed by atoms with van der Waals surface area (Å²) in [5, 5.41) is 16.3. The molecular formula is C18H23FN4O2. The van der Waals surface area contributed by atoms with Gasteiger partial charge >= 0.3 is 6.03 Å². The van der Waals surface area contributed by atoms with Crippen LogP contribution in [0.4, 0.5) is 9.18 Å². The van der Waals surface area contributed by atoms with E-state index in [0.29, 0.717) is 6.54 Å². The van der Waals surface area contributed by atoms with Gasteiger partial charge in [0.1, 0.15) is 5.82 Å². The third-order valence-electron chi connectivity index (χ3n) is 3.93. The third-order valence-corrected chi connectivity index (χ3v) is 3.93. The lowest BCUT2D eigenvalue weighted by Crippen LogP contribution is -2.42. The molecular weight excluding hydrogens is 323 g/mol. The van der Waals surface area contributed by atoms with Crippen molar-refractivity contribution in [3.05, 3.63) is 60.2 Å². The number of benzene rings is 1. The fraction of sp³-hybridized carbons (Fsp3) is 0.333. The second-order valence-corrected chi connectivity index (χ2v) is 5.70. The van der Waals surface area contributed by atoms with Crippen LogP contribution in [0.15, 0.2) is 43.1 Å². The summed E-state index contributed by atoms with van der Waals surface area (Å²) in [6.07, 6.45) is 3.30. The molecule has 0 spiro atoms. The Hall–Kier alpha value is -2.67. The molecule has 1 heterocycles. The molecule has 0 fully saturated rings. The van der Waals surface area contributed by atoms with E-state index in [9.17, 15) is 9.18 Å². The first-order valence-corrected chi connectivity index (χ1v) is 8.05. The fourth-order valence-electron chi connectivity index (χ4n) is 2.60. The van der Waals surface area contributed by atoms with Crippen LogP contribution in [0.5, 0.6) is 0 Å². The highest BCUT2D eigenvalue weighted by atomic mass is 19.1. The Bertz CT molecular complexity index is 727. The van der Waals surface area contributed by atoms with E-state index in [-0.39, 0.29) is 31.0 Å². The molecule has 1 aromatic heterocycles. The van der Waals surface area contributed by atoms with Crippen molar-refractivity contribution in [3.63, 3.8) is 0 Å². The first-order valence-electron chi connectivity index (χ1n) is 8.05. The lowest BCUT2D eigenvalue weighted by Gasteiger charge is -2.23. The van der Waals surface area contributed by atoms with E-state index in [1.165, 1.54) is 17.0 Å². The van der Waals surface area contributed by atoms with E-state index in [1.54, 1.807) is 29.1 Å². The molecule has 1 unspecified atom stereocenters. The minimum Gasteiger partial charge on any atom is -0.395 e. The van der Waals surface area contributed by atoms with Crippen molar-refractivity contribution in [1.82, 2.24) is 20.0 Å². The molecule has 134 valence electrons. The Balaban J connectivity index is 2.14. The average Bonchev–Trinajstić information content (AvgIpc) is 2.97. The Morgan fingerprint density at radius 2 is 2.16 bits per heavy atom. The quantitative estimate of drug-likeness (QED) is 0.757. The zero-order chi connectivity index (χ0) is 18.4. The van der Waals surface area contributed by atoms with Gasteiger partial charge < -0.3 is 15.3 Å². The summed E-state index contributed by atoms with van der Waals surface area (Å²) < 4.78 is 14.8. The molecule has 2 N–H and O–H groups in total. The molecule has 0 aliphatic heterocycles. The predicted molar refractivity (Wildman–Crippen MR) is 94.1 cm³/mol. The smallest absolute Gasteiger partial charge is 0.318 e. The van der Waals surface area contributed by atoms with Gasteiger partial charge in [0.05, 0.1) is 24.5 Å². The Morgan fingerprint density at radius 1 is 1.48 bits per heavy atom. The number of nitrogens with one attached hydrogen (secondary N) is 1. The van der Waals surface area contributed by atoms with E-state index in [1.807, 2.05) is 13.8 Å². The lowest BCUT2D eigenvalue weighted by molar-refractivity contribution is 0.181. The van der Waals surface area contributed by atoms with Crippen molar-refractivity contribution >= 4 is 6.03 Å². The second kappa shape index (κ2) is 8.43. The molecule has 1 aromatic carbocycles. The largest absolute Gasteiger partial charge is 0.395 e. The zero-order valence-electron chi connectivity index (χ0n) is 14.4. The van der Waals surface area contributed by atoms with Crippen LogP contribution in [0.2, 0.25) is 0 Å². The summed E-state index contributed by atoms with van der Waals surface area (Å²) in [5.74, 6) is -0.305. The maximum absolute atomic E-state index is 13.1. The molecule has 0 bridgehead atoms. The van der Waals surface area contributed by atoms with Gasteiger partial charge in [0.2, 0.25) is 0 Å². The Kier molecular flexibility index (Phi) is 6.30. The van der Waals surface area contributed by atoms with Crippen LogP contribution in [-0.2, 0) is 0 Å². The van der Waals surface area contributed by atoms with Gasteiger partial charge in [0, 0.05) is 24.3 Å². The third kappa shape index (κ3) is 4.45. The van der Waals surface area contributed by atoms with Gasteiger partial charge in [0.25, 0.3) is 0 Å². The summed E-state index contributed by atoms with van der Waals surface area (Å²) in [4.78, 5) is 13.8. The second-order valence-electron chi connectivity index (χ2n) is 5.70. The number of aromatic nitrogens is 2. The molecule has 1 atom stereocenters. The number of hydrogen-bond acceptors (Lipinski definition) is 3. The van der Waals surface area contributed by atoms with Crippen LogP contribution in [-0.4, -0.2) is 45.5 Å². The minimum absolute atomic E-state index is 0.114. The van der Waals surface area contributed by atoms with Crippen molar-refractivity contribution in [2.75, 3.05) is 19.7 Å². The number of carbonyl (C=O) groups is 1. The molecule has 25 heavy (non-hydrogen) atoms. The minimum atomic E-state index is -0.305. The SMILES string of the molecule is C=CCN(CCO)C(=O)NC(C)c1cnn(-c2ccc(F)cc2)c1C. The van der Waals surface area contributed by atoms with Crippen LogP contribution in [0.1, 0.15) is 24.2 Å². The summed E-state index contributed by atoms with van der Waals surface area (Å²) in [7, 11) is 0. The van der Waals surface area contributed by atoms with E-state index >= 15 is 0 Å². The number of rotatable bonds is 7. The van der Waals surface area contributed by atoms with Crippen molar-refractivity contribution < 1.29 is 14.3 Å². The van der Waals surface area contributed by atoms with Crippen molar-refractivity contribution in [3.8, 4) is 5.69 Å². The molecule has 2 rings (SSSR count). The Labute approximate surface area is 146 Å². The highest BCUT2D eigenvalue weighted by molar-refractivity contribution is 5.75. The van der Waals surface area contributed by atoms with Crippen LogP contribution < -0.4 is 5.32 Å². The molecule has 0 saturated heterocycles. The lowest BCUT2D eigenvalue weighted by atomic mass is 10.1. The van der Waals surface area contributed by atoms with Crippen LogP contribution in [0.25, 0.3) is 5.69 Å². The van der Waals surface area contributed by atoms with Gasteiger partial charge in [-0.3, -0.25) is 0 Å². The molecule has 2 aromatic rings. The molecule has 2 amide bonds. The highest BCUT2D eigenvalue weighted by Gasteiger charge is 2.19. The first kappa shape index (κ1) is 18.7. The van der Waals surface area contributed by atoms with Gasteiger partial charge in [-0.15, -0.1) is 6.58 Å². The molecule has 0 aliphatic carbocycles. The summed E-state index contributed by atoms with van der Waals surface area (Å²) in [5.41, 5.74) is 2.47. The number of carbonyl (C=O) groups excluding carboxylic acids is 1. The number of aliphatic hydroxyl groups is 1. The van der Waals surface area contributed by atoms with Crippen molar-refractivity contribution in [2.45, 2.75) is 19.9 Å². The monoisotopic (exact) mass is 346 g/mol. The predicted octanol–water partition coefficient (Wildman–Crippen LogP) is 2.57. The van der Waals surface area contributed by atoms with Crippen LogP contribution in [0.3, 0.4) is 0 Å². The molecule has 0 radical (unpaired) electrons. The summed E-state index contributed by atoms with van der Waals surface area (Å²) in [6, 6.07) is 5.50. The number of halogens is 1. The number of hydrogen-bond donors (Lipinski definition) is 2. The Morgan fingerprint density at radius 3 is 2.76 bits per heavy atom. The van der Waals surface area contributed by atoms with E-state index in [0.717, 1.165) is 16.9 Å². The van der Waals surface area contributed by atoms with Gasteiger partial charge in [-0.2, -0.15) is 5.10 Å². The normalized spacial score (nSPS) is 11.8. The van der Waals surface area contributed by atoms with E-state index in [2.05, 4.69) is 17.0 Å². The number of urea groups is 1. The molecule has 0 saturated carbocycles. The molecule has 7 heteroatoms. The first-order chi connectivity index (χ1) is 12.0. The number of amides is 2. The fourth-order valence-corrected chi connectivity index (χ4v) is 2.60. The average molecular weight is 346 g/mol. The summed E-state index contributed by atoms with van der Waals surface area (Å²) >= 11 is 0. The molecule has 6 nitrogen and oxygen atoms in total. The maximum Gasteiger partial charge on any atom is 0.318 e. The van der Waals surface area contributed by atoms with Crippen LogP contribution in [0, 0.1) is 12.7 Å².